The molecular weight excluding hydrogens is 296 g/mol. The molecule has 0 amide bonds. The molecule has 1 aromatic heterocycles. The van der Waals surface area contributed by atoms with Gasteiger partial charge in [0.05, 0.1) is 12.8 Å². The van der Waals surface area contributed by atoms with Crippen LogP contribution in [0.3, 0.4) is 0 Å². The van der Waals surface area contributed by atoms with Crippen LogP contribution in [-0.4, -0.2) is 30.1 Å². The Morgan fingerprint density at radius 2 is 1.73 bits per heavy atom. The van der Waals surface area contributed by atoms with Gasteiger partial charge in [-0.25, -0.2) is 9.78 Å². The van der Waals surface area contributed by atoms with Crippen LogP contribution < -0.4 is 4.90 Å². The Labute approximate surface area is 135 Å². The van der Waals surface area contributed by atoms with E-state index >= 15 is 0 Å². The van der Waals surface area contributed by atoms with Gasteiger partial charge in [-0.05, 0) is 27.7 Å². The second-order valence-corrected chi connectivity index (χ2v) is 6.60. The van der Waals surface area contributed by atoms with Crippen LogP contribution >= 0.6 is 11.3 Å². The first-order valence-electron chi connectivity index (χ1n) is 7.38. The fraction of sp³-hybridized carbons (Fsp3) is 0.412. The van der Waals surface area contributed by atoms with Gasteiger partial charge in [0.1, 0.15) is 4.88 Å². The molecule has 0 bridgehead atoms. The van der Waals surface area contributed by atoms with E-state index in [1.54, 1.807) is 0 Å². The number of methoxy groups -OCH3 is 1. The molecule has 0 atom stereocenters. The molecule has 0 aliphatic carbocycles. The van der Waals surface area contributed by atoms with E-state index < -0.39 is 0 Å². The summed E-state index contributed by atoms with van der Waals surface area (Å²) in [6.45, 7) is 8.51. The van der Waals surface area contributed by atoms with E-state index in [0.29, 0.717) is 22.7 Å². The van der Waals surface area contributed by atoms with E-state index in [1.807, 2.05) is 30.3 Å². The summed E-state index contributed by atoms with van der Waals surface area (Å²) in [6.07, 6.45) is 0. The molecule has 0 spiro atoms. The molecule has 1 heterocycles. The summed E-state index contributed by atoms with van der Waals surface area (Å²) in [5, 5.41) is 0.851. The maximum absolute atomic E-state index is 12.1. The third-order valence-electron chi connectivity index (χ3n) is 3.37. The number of nitrogens with zero attached hydrogens (tertiary/aromatic N) is 2. The fourth-order valence-corrected chi connectivity index (χ4v) is 3.75. The van der Waals surface area contributed by atoms with Crippen molar-refractivity contribution >= 4 is 22.4 Å². The SMILES string of the molecule is COC(=O)c1sc(N(C(C)C)C(C)C)nc1-c1ccccc1. The number of thiazole rings is 1. The minimum Gasteiger partial charge on any atom is -0.465 e. The van der Waals surface area contributed by atoms with Gasteiger partial charge in [0.2, 0.25) is 0 Å². The van der Waals surface area contributed by atoms with Crippen molar-refractivity contribution < 1.29 is 9.53 Å². The molecule has 2 aromatic rings. The second-order valence-electron chi connectivity index (χ2n) is 5.63. The number of aromatic nitrogens is 1. The van der Waals surface area contributed by atoms with Crippen LogP contribution in [0, 0.1) is 0 Å². The molecule has 0 saturated heterocycles. The highest BCUT2D eigenvalue weighted by Crippen LogP contribution is 2.35. The normalized spacial score (nSPS) is 11.0. The fourth-order valence-electron chi connectivity index (χ4n) is 2.48. The first kappa shape index (κ1) is 16.5. The highest BCUT2D eigenvalue weighted by atomic mass is 32.1. The molecule has 1 aromatic carbocycles. The van der Waals surface area contributed by atoms with Crippen LogP contribution in [0.1, 0.15) is 37.4 Å². The maximum atomic E-state index is 12.1. The summed E-state index contributed by atoms with van der Waals surface area (Å²) in [6, 6.07) is 10.4. The summed E-state index contributed by atoms with van der Waals surface area (Å²) < 4.78 is 4.93. The Balaban J connectivity index is 2.56. The third kappa shape index (κ3) is 3.30. The van der Waals surface area contributed by atoms with Crippen molar-refractivity contribution in [2.45, 2.75) is 39.8 Å². The van der Waals surface area contributed by atoms with Crippen LogP contribution in [0.25, 0.3) is 11.3 Å². The molecule has 0 N–H and O–H groups in total. The number of carbonyl (C=O) groups is 1. The van der Waals surface area contributed by atoms with Crippen molar-refractivity contribution in [1.82, 2.24) is 4.98 Å². The zero-order chi connectivity index (χ0) is 16.3. The first-order chi connectivity index (χ1) is 10.5. The Hall–Kier alpha value is -1.88. The molecule has 2 rings (SSSR count). The van der Waals surface area contributed by atoms with Gasteiger partial charge in [-0.2, -0.15) is 0 Å². The number of ether oxygens (including phenoxy) is 1. The first-order valence-corrected chi connectivity index (χ1v) is 8.20. The minimum atomic E-state index is -0.338. The summed E-state index contributed by atoms with van der Waals surface area (Å²) in [7, 11) is 1.40. The van der Waals surface area contributed by atoms with Crippen molar-refractivity contribution in [1.29, 1.82) is 0 Å². The molecule has 0 aliphatic heterocycles. The highest BCUT2D eigenvalue weighted by Gasteiger charge is 2.25. The number of esters is 1. The zero-order valence-corrected chi connectivity index (χ0v) is 14.5. The average Bonchev–Trinajstić information content (AvgIpc) is 2.91. The highest BCUT2D eigenvalue weighted by molar-refractivity contribution is 7.18. The van der Waals surface area contributed by atoms with Gasteiger partial charge in [-0.1, -0.05) is 41.7 Å². The van der Waals surface area contributed by atoms with Crippen LogP contribution in [-0.2, 0) is 4.74 Å². The van der Waals surface area contributed by atoms with Crippen LogP contribution in [0.4, 0.5) is 5.13 Å². The van der Waals surface area contributed by atoms with Gasteiger partial charge in [-0.15, -0.1) is 0 Å². The van der Waals surface area contributed by atoms with Crippen LogP contribution in [0.2, 0.25) is 0 Å². The van der Waals surface area contributed by atoms with Gasteiger partial charge >= 0.3 is 5.97 Å². The lowest BCUT2D eigenvalue weighted by Gasteiger charge is -2.30. The molecule has 0 unspecified atom stereocenters. The molecule has 118 valence electrons. The number of hydrogen-bond donors (Lipinski definition) is 0. The molecule has 0 saturated carbocycles. The van der Waals surface area contributed by atoms with Gasteiger partial charge < -0.3 is 9.64 Å². The van der Waals surface area contributed by atoms with E-state index in [-0.39, 0.29) is 5.97 Å². The third-order valence-corrected chi connectivity index (χ3v) is 4.42. The Bertz CT molecular complexity index is 627. The smallest absolute Gasteiger partial charge is 0.350 e. The molecule has 0 aliphatic rings. The van der Waals surface area contributed by atoms with E-state index in [4.69, 9.17) is 9.72 Å². The monoisotopic (exact) mass is 318 g/mol. The van der Waals surface area contributed by atoms with E-state index in [9.17, 15) is 4.79 Å². The van der Waals surface area contributed by atoms with Crippen LogP contribution in [0.5, 0.6) is 0 Å². The largest absolute Gasteiger partial charge is 0.465 e. The van der Waals surface area contributed by atoms with Crippen molar-refractivity contribution in [2.24, 2.45) is 0 Å². The van der Waals surface area contributed by atoms with Gasteiger partial charge in [0.25, 0.3) is 0 Å². The zero-order valence-electron chi connectivity index (χ0n) is 13.7. The number of carbonyl (C=O) groups excluding carboxylic acids is 1. The maximum Gasteiger partial charge on any atom is 0.350 e. The number of hydrogen-bond acceptors (Lipinski definition) is 5. The summed E-state index contributed by atoms with van der Waals surface area (Å²) in [5.41, 5.74) is 1.62. The standard InChI is InChI=1S/C17H22N2O2S/c1-11(2)19(12(3)4)17-18-14(13-9-7-6-8-10-13)15(22-17)16(20)21-5/h6-12H,1-5H3. The van der Waals surface area contributed by atoms with E-state index in [2.05, 4.69) is 32.6 Å². The van der Waals surface area contributed by atoms with Gasteiger partial charge in [0, 0.05) is 17.6 Å². The molecule has 4 nitrogen and oxygen atoms in total. The molecular formula is C17H22N2O2S. The predicted octanol–water partition coefficient (Wildman–Crippen LogP) is 4.22. The van der Waals surface area contributed by atoms with Crippen molar-refractivity contribution in [3.05, 3.63) is 35.2 Å². The molecule has 0 radical (unpaired) electrons. The Morgan fingerprint density at radius 1 is 1.14 bits per heavy atom. The second kappa shape index (κ2) is 6.92. The van der Waals surface area contributed by atoms with Crippen molar-refractivity contribution in [2.75, 3.05) is 12.0 Å². The number of anilines is 1. The lowest BCUT2D eigenvalue weighted by molar-refractivity contribution is 0.0607. The van der Waals surface area contributed by atoms with Crippen molar-refractivity contribution in [3.63, 3.8) is 0 Å². The van der Waals surface area contributed by atoms with Gasteiger partial charge in [-0.3, -0.25) is 0 Å². The topological polar surface area (TPSA) is 42.4 Å². The number of benzene rings is 1. The van der Waals surface area contributed by atoms with Crippen LogP contribution in [0.15, 0.2) is 30.3 Å². The Morgan fingerprint density at radius 3 is 2.23 bits per heavy atom. The molecule has 22 heavy (non-hydrogen) atoms. The molecule has 0 fully saturated rings. The van der Waals surface area contributed by atoms with E-state index in [0.717, 1.165) is 10.7 Å². The quantitative estimate of drug-likeness (QED) is 0.774. The lowest BCUT2D eigenvalue weighted by Crippen LogP contribution is -2.36. The van der Waals surface area contributed by atoms with Gasteiger partial charge in [0.15, 0.2) is 5.13 Å². The minimum absolute atomic E-state index is 0.306. The molecule has 5 heteroatoms. The number of rotatable bonds is 5. The van der Waals surface area contributed by atoms with E-state index in [1.165, 1.54) is 18.4 Å². The predicted molar refractivity (Wildman–Crippen MR) is 91.6 cm³/mol. The summed E-state index contributed by atoms with van der Waals surface area (Å²) >= 11 is 1.39. The average molecular weight is 318 g/mol. The summed E-state index contributed by atoms with van der Waals surface area (Å²) in [5.74, 6) is -0.338. The van der Waals surface area contributed by atoms with Crippen molar-refractivity contribution in [3.8, 4) is 11.3 Å². The summed E-state index contributed by atoms with van der Waals surface area (Å²) in [4.78, 5) is 19.6. The lowest BCUT2D eigenvalue weighted by atomic mass is 10.1. The Kier molecular flexibility index (Phi) is 5.19.